The summed E-state index contributed by atoms with van der Waals surface area (Å²) in [5, 5.41) is 0.153. The standard InChI is InChI=1S/C10H9BrF3NO4/c1-17-6-3-7(19-10(12,13)14)15-8(5(6)4-11)9(16)18-2/h3H,4H2,1-2H3. The van der Waals surface area contributed by atoms with Gasteiger partial charge in [-0.3, -0.25) is 0 Å². The second-order valence-corrected chi connectivity index (χ2v) is 3.72. The molecule has 1 aromatic heterocycles. The summed E-state index contributed by atoms with van der Waals surface area (Å²) < 4.78 is 49.5. The number of esters is 1. The van der Waals surface area contributed by atoms with Crippen LogP contribution in [0.25, 0.3) is 0 Å². The molecular formula is C10H9BrF3NO4. The number of carbonyl (C=O) groups is 1. The van der Waals surface area contributed by atoms with Gasteiger partial charge in [-0.2, -0.15) is 0 Å². The molecule has 1 heterocycles. The Balaban J connectivity index is 3.34. The minimum Gasteiger partial charge on any atom is -0.496 e. The Kier molecular flexibility index (Phi) is 4.98. The second-order valence-electron chi connectivity index (χ2n) is 3.16. The number of rotatable bonds is 4. The predicted molar refractivity (Wildman–Crippen MR) is 61.4 cm³/mol. The van der Waals surface area contributed by atoms with Crippen molar-refractivity contribution in [3.8, 4) is 11.6 Å². The third kappa shape index (κ3) is 3.98. The van der Waals surface area contributed by atoms with Crippen LogP contribution >= 0.6 is 15.9 Å². The molecule has 0 N–H and O–H groups in total. The molecule has 0 amide bonds. The van der Waals surface area contributed by atoms with E-state index >= 15 is 0 Å². The van der Waals surface area contributed by atoms with Gasteiger partial charge >= 0.3 is 12.3 Å². The molecule has 0 fully saturated rings. The molecule has 5 nitrogen and oxygen atoms in total. The summed E-state index contributed by atoms with van der Waals surface area (Å²) in [6.07, 6.45) is -4.92. The predicted octanol–water partition coefficient (Wildman–Crippen LogP) is 2.67. The maximum atomic E-state index is 12.1. The average Bonchev–Trinajstić information content (AvgIpc) is 2.34. The van der Waals surface area contributed by atoms with Crippen LogP contribution in [0.2, 0.25) is 0 Å². The summed E-state index contributed by atoms with van der Waals surface area (Å²) in [5.41, 5.74) is -0.0400. The molecule has 106 valence electrons. The van der Waals surface area contributed by atoms with Crippen molar-refractivity contribution in [1.29, 1.82) is 0 Å². The minimum atomic E-state index is -4.92. The summed E-state index contributed by atoms with van der Waals surface area (Å²) in [6, 6.07) is 0.941. The number of ether oxygens (including phenoxy) is 3. The normalized spacial score (nSPS) is 11.1. The van der Waals surface area contributed by atoms with E-state index in [1.165, 1.54) is 7.11 Å². The first-order valence-electron chi connectivity index (χ1n) is 4.80. The molecule has 0 aliphatic carbocycles. The highest BCUT2D eigenvalue weighted by molar-refractivity contribution is 9.08. The van der Waals surface area contributed by atoms with Crippen molar-refractivity contribution in [2.45, 2.75) is 11.7 Å². The van der Waals surface area contributed by atoms with Crippen LogP contribution in [-0.2, 0) is 10.1 Å². The Morgan fingerprint density at radius 1 is 1.42 bits per heavy atom. The van der Waals surface area contributed by atoms with Gasteiger partial charge in [0.15, 0.2) is 5.69 Å². The molecule has 0 radical (unpaired) electrons. The van der Waals surface area contributed by atoms with Crippen LogP contribution in [-0.4, -0.2) is 31.5 Å². The molecule has 0 atom stereocenters. The van der Waals surface area contributed by atoms with Crippen molar-refractivity contribution in [3.05, 3.63) is 17.3 Å². The van der Waals surface area contributed by atoms with Gasteiger partial charge in [-0.1, -0.05) is 15.9 Å². The van der Waals surface area contributed by atoms with Gasteiger partial charge in [-0.25, -0.2) is 9.78 Å². The second kappa shape index (κ2) is 6.09. The van der Waals surface area contributed by atoms with Crippen molar-refractivity contribution in [3.63, 3.8) is 0 Å². The lowest BCUT2D eigenvalue weighted by atomic mass is 10.2. The van der Waals surface area contributed by atoms with Gasteiger partial charge in [0.1, 0.15) is 5.75 Å². The van der Waals surface area contributed by atoms with Gasteiger partial charge in [-0.15, -0.1) is 13.2 Å². The molecule has 0 bridgehead atoms. The fraction of sp³-hybridized carbons (Fsp3) is 0.400. The highest BCUT2D eigenvalue weighted by Gasteiger charge is 2.33. The lowest BCUT2D eigenvalue weighted by Crippen LogP contribution is -2.19. The van der Waals surface area contributed by atoms with E-state index < -0.39 is 18.2 Å². The van der Waals surface area contributed by atoms with Gasteiger partial charge in [-0.05, 0) is 0 Å². The Morgan fingerprint density at radius 2 is 2.05 bits per heavy atom. The summed E-state index contributed by atoms with van der Waals surface area (Å²) >= 11 is 3.09. The fourth-order valence-electron chi connectivity index (χ4n) is 1.27. The van der Waals surface area contributed by atoms with E-state index in [0.29, 0.717) is 0 Å². The van der Waals surface area contributed by atoms with Crippen LogP contribution in [0.4, 0.5) is 13.2 Å². The van der Waals surface area contributed by atoms with Crippen molar-refractivity contribution >= 4 is 21.9 Å². The van der Waals surface area contributed by atoms with Crippen molar-refractivity contribution in [1.82, 2.24) is 4.98 Å². The molecule has 9 heteroatoms. The molecule has 19 heavy (non-hydrogen) atoms. The lowest BCUT2D eigenvalue weighted by molar-refractivity contribution is -0.276. The first-order valence-corrected chi connectivity index (χ1v) is 5.92. The summed E-state index contributed by atoms with van der Waals surface area (Å²) in [7, 11) is 2.34. The average molecular weight is 344 g/mol. The first kappa shape index (κ1) is 15.5. The smallest absolute Gasteiger partial charge is 0.496 e. The molecule has 1 rings (SSSR count). The topological polar surface area (TPSA) is 57.7 Å². The number of methoxy groups -OCH3 is 2. The van der Waals surface area contributed by atoms with E-state index in [0.717, 1.165) is 13.2 Å². The molecule has 0 saturated heterocycles. The number of aromatic nitrogens is 1. The quantitative estimate of drug-likeness (QED) is 0.621. The van der Waals surface area contributed by atoms with E-state index in [1.54, 1.807) is 0 Å². The zero-order valence-electron chi connectivity index (χ0n) is 9.88. The highest BCUT2D eigenvalue weighted by atomic mass is 79.9. The van der Waals surface area contributed by atoms with Crippen LogP contribution in [0.3, 0.4) is 0 Å². The van der Waals surface area contributed by atoms with E-state index in [2.05, 4.69) is 30.4 Å². The molecule has 0 unspecified atom stereocenters. The minimum absolute atomic E-state index is 0.0338. The maximum absolute atomic E-state index is 12.1. The Labute approximate surface area is 114 Å². The van der Waals surface area contributed by atoms with Crippen LogP contribution in [0.1, 0.15) is 16.1 Å². The van der Waals surface area contributed by atoms with Crippen molar-refractivity contribution in [2.75, 3.05) is 14.2 Å². The van der Waals surface area contributed by atoms with Gasteiger partial charge in [0.25, 0.3) is 0 Å². The number of hydrogen-bond donors (Lipinski definition) is 0. The highest BCUT2D eigenvalue weighted by Crippen LogP contribution is 2.31. The van der Waals surface area contributed by atoms with E-state index in [-0.39, 0.29) is 22.3 Å². The Morgan fingerprint density at radius 3 is 2.47 bits per heavy atom. The molecule has 0 aliphatic heterocycles. The van der Waals surface area contributed by atoms with Gasteiger partial charge in [0, 0.05) is 17.0 Å². The summed E-state index contributed by atoms with van der Waals surface area (Å²) in [6.45, 7) is 0. The third-order valence-electron chi connectivity index (χ3n) is 2.01. The molecule has 0 aromatic carbocycles. The zero-order valence-corrected chi connectivity index (χ0v) is 11.5. The molecule has 0 saturated carbocycles. The van der Waals surface area contributed by atoms with Crippen molar-refractivity contribution < 1.29 is 32.2 Å². The number of alkyl halides is 4. The van der Waals surface area contributed by atoms with Crippen LogP contribution in [0.15, 0.2) is 6.07 Å². The van der Waals surface area contributed by atoms with E-state index in [9.17, 15) is 18.0 Å². The number of carbonyl (C=O) groups excluding carboxylic acids is 1. The van der Waals surface area contributed by atoms with Gasteiger partial charge in [0.2, 0.25) is 5.88 Å². The number of pyridine rings is 1. The summed E-state index contributed by atoms with van der Waals surface area (Å²) in [5.74, 6) is -1.65. The van der Waals surface area contributed by atoms with E-state index in [4.69, 9.17) is 4.74 Å². The third-order valence-corrected chi connectivity index (χ3v) is 2.57. The molecular weight excluding hydrogens is 335 g/mol. The van der Waals surface area contributed by atoms with Gasteiger partial charge in [0.05, 0.1) is 14.2 Å². The van der Waals surface area contributed by atoms with Gasteiger partial charge < -0.3 is 14.2 Å². The monoisotopic (exact) mass is 343 g/mol. The number of nitrogens with zero attached hydrogens (tertiary/aromatic N) is 1. The van der Waals surface area contributed by atoms with E-state index in [1.807, 2.05) is 0 Å². The van der Waals surface area contributed by atoms with Crippen LogP contribution < -0.4 is 9.47 Å². The number of hydrogen-bond acceptors (Lipinski definition) is 5. The largest absolute Gasteiger partial charge is 0.574 e. The molecule has 0 spiro atoms. The Bertz CT molecular complexity index is 479. The SMILES string of the molecule is COC(=O)c1nc(OC(F)(F)F)cc(OC)c1CBr. The maximum Gasteiger partial charge on any atom is 0.574 e. The first-order chi connectivity index (χ1) is 8.82. The van der Waals surface area contributed by atoms with Crippen LogP contribution in [0, 0.1) is 0 Å². The lowest BCUT2D eigenvalue weighted by Gasteiger charge is -2.14. The molecule has 1 aromatic rings. The van der Waals surface area contributed by atoms with Crippen molar-refractivity contribution in [2.24, 2.45) is 0 Å². The number of halogens is 4. The van der Waals surface area contributed by atoms with Crippen LogP contribution in [0.5, 0.6) is 11.6 Å². The summed E-state index contributed by atoms with van der Waals surface area (Å²) in [4.78, 5) is 15.0. The fourth-order valence-corrected chi connectivity index (χ4v) is 1.82. The molecule has 0 aliphatic rings. The Hall–Kier alpha value is -1.51. The zero-order chi connectivity index (χ0) is 14.6.